The van der Waals surface area contributed by atoms with Crippen molar-refractivity contribution in [3.05, 3.63) is 34.9 Å². The van der Waals surface area contributed by atoms with Crippen molar-refractivity contribution in [2.24, 2.45) is 0 Å². The molecular weight excluding hydrogens is 192 g/mol. The van der Waals surface area contributed by atoms with Gasteiger partial charge in [0.15, 0.2) is 0 Å². The Hall–Kier alpha value is -1.35. The van der Waals surface area contributed by atoms with Gasteiger partial charge in [0.05, 0.1) is 6.10 Å². The Balaban J connectivity index is 2.90. The summed E-state index contributed by atoms with van der Waals surface area (Å²) in [5, 5.41) is 18.1. The fourth-order valence-electron chi connectivity index (χ4n) is 1.57. The zero-order chi connectivity index (χ0) is 11.4. The second-order valence-electron chi connectivity index (χ2n) is 3.77. The van der Waals surface area contributed by atoms with Crippen molar-refractivity contribution < 1.29 is 15.0 Å². The fraction of sp³-hybridized carbons (Fsp3) is 0.417. The van der Waals surface area contributed by atoms with E-state index in [1.807, 2.05) is 25.1 Å². The highest BCUT2D eigenvalue weighted by molar-refractivity contribution is 5.67. The molecule has 3 nitrogen and oxygen atoms in total. The lowest BCUT2D eigenvalue weighted by atomic mass is 9.97. The van der Waals surface area contributed by atoms with Crippen LogP contribution in [0.5, 0.6) is 0 Å². The number of carboxylic acids is 1. The van der Waals surface area contributed by atoms with E-state index in [4.69, 9.17) is 5.11 Å². The largest absolute Gasteiger partial charge is 0.481 e. The standard InChI is InChI=1S/C12H16O3/c1-8-3-4-10(5-6-12(14)15)11(7-8)9(2)13/h3-4,7,9,13H,5-6H2,1-2H3,(H,14,15). The molecule has 0 heterocycles. The van der Waals surface area contributed by atoms with Gasteiger partial charge < -0.3 is 10.2 Å². The minimum Gasteiger partial charge on any atom is -0.481 e. The summed E-state index contributed by atoms with van der Waals surface area (Å²) in [6.07, 6.45) is 0.0206. The van der Waals surface area contributed by atoms with E-state index < -0.39 is 12.1 Å². The zero-order valence-corrected chi connectivity index (χ0v) is 9.03. The first-order chi connectivity index (χ1) is 7.00. The monoisotopic (exact) mass is 208 g/mol. The van der Waals surface area contributed by atoms with Gasteiger partial charge in [0.25, 0.3) is 0 Å². The Morgan fingerprint density at radius 1 is 1.47 bits per heavy atom. The number of hydrogen-bond donors (Lipinski definition) is 2. The molecule has 15 heavy (non-hydrogen) atoms. The summed E-state index contributed by atoms with van der Waals surface area (Å²) < 4.78 is 0. The fourth-order valence-corrected chi connectivity index (χ4v) is 1.57. The Morgan fingerprint density at radius 2 is 2.13 bits per heavy atom. The smallest absolute Gasteiger partial charge is 0.303 e. The molecule has 0 bridgehead atoms. The molecule has 0 aliphatic rings. The van der Waals surface area contributed by atoms with Crippen molar-refractivity contribution in [3.8, 4) is 0 Å². The first kappa shape index (κ1) is 11.7. The number of benzene rings is 1. The molecule has 1 aromatic rings. The molecular formula is C12H16O3. The predicted molar refractivity (Wildman–Crippen MR) is 57.8 cm³/mol. The van der Waals surface area contributed by atoms with Crippen LogP contribution in [-0.2, 0) is 11.2 Å². The molecule has 0 amide bonds. The topological polar surface area (TPSA) is 57.5 Å². The SMILES string of the molecule is Cc1ccc(CCC(=O)O)c(C(C)O)c1. The summed E-state index contributed by atoms with van der Waals surface area (Å²) in [6, 6.07) is 5.73. The molecule has 1 aromatic carbocycles. The third-order valence-corrected chi connectivity index (χ3v) is 2.36. The maximum Gasteiger partial charge on any atom is 0.303 e. The van der Waals surface area contributed by atoms with Gasteiger partial charge in [-0.1, -0.05) is 23.8 Å². The van der Waals surface area contributed by atoms with E-state index in [0.717, 1.165) is 16.7 Å². The molecule has 0 aromatic heterocycles. The van der Waals surface area contributed by atoms with Gasteiger partial charge in [0.2, 0.25) is 0 Å². The van der Waals surface area contributed by atoms with Crippen LogP contribution in [0.15, 0.2) is 18.2 Å². The number of aliphatic carboxylic acids is 1. The van der Waals surface area contributed by atoms with E-state index in [2.05, 4.69) is 0 Å². The van der Waals surface area contributed by atoms with Gasteiger partial charge in [-0.3, -0.25) is 4.79 Å². The van der Waals surface area contributed by atoms with Crippen LogP contribution in [0.3, 0.4) is 0 Å². The number of rotatable bonds is 4. The van der Waals surface area contributed by atoms with Crippen LogP contribution in [0.1, 0.15) is 36.1 Å². The highest BCUT2D eigenvalue weighted by atomic mass is 16.4. The normalized spacial score (nSPS) is 12.5. The zero-order valence-electron chi connectivity index (χ0n) is 9.03. The summed E-state index contributed by atoms with van der Waals surface area (Å²) in [7, 11) is 0. The second-order valence-corrected chi connectivity index (χ2v) is 3.77. The van der Waals surface area contributed by atoms with Gasteiger partial charge in [-0.05, 0) is 31.4 Å². The average Bonchev–Trinajstić information content (AvgIpc) is 2.15. The van der Waals surface area contributed by atoms with Crippen LogP contribution < -0.4 is 0 Å². The van der Waals surface area contributed by atoms with Crippen molar-refractivity contribution >= 4 is 5.97 Å². The van der Waals surface area contributed by atoms with E-state index in [1.54, 1.807) is 6.92 Å². The molecule has 1 atom stereocenters. The lowest BCUT2D eigenvalue weighted by Gasteiger charge is -2.12. The molecule has 82 valence electrons. The van der Waals surface area contributed by atoms with Gasteiger partial charge in [-0.15, -0.1) is 0 Å². The van der Waals surface area contributed by atoms with Crippen LogP contribution >= 0.6 is 0 Å². The number of aryl methyl sites for hydroxylation is 2. The van der Waals surface area contributed by atoms with Gasteiger partial charge in [-0.2, -0.15) is 0 Å². The molecule has 1 rings (SSSR count). The first-order valence-electron chi connectivity index (χ1n) is 5.00. The van der Waals surface area contributed by atoms with Crippen LogP contribution in [0.4, 0.5) is 0 Å². The molecule has 0 saturated carbocycles. The number of aliphatic hydroxyl groups is 1. The molecule has 3 heteroatoms. The van der Waals surface area contributed by atoms with Gasteiger partial charge in [0, 0.05) is 6.42 Å². The summed E-state index contributed by atoms with van der Waals surface area (Å²) >= 11 is 0. The number of aliphatic hydroxyl groups excluding tert-OH is 1. The maximum absolute atomic E-state index is 10.5. The van der Waals surface area contributed by atoms with E-state index in [9.17, 15) is 9.90 Å². The highest BCUT2D eigenvalue weighted by Gasteiger charge is 2.09. The van der Waals surface area contributed by atoms with Crippen molar-refractivity contribution in [1.82, 2.24) is 0 Å². The minimum atomic E-state index is -0.813. The van der Waals surface area contributed by atoms with E-state index >= 15 is 0 Å². The third-order valence-electron chi connectivity index (χ3n) is 2.36. The summed E-state index contributed by atoms with van der Waals surface area (Å²) in [4.78, 5) is 10.5. The van der Waals surface area contributed by atoms with Crippen LogP contribution in [0, 0.1) is 6.92 Å². The molecule has 0 fully saturated rings. The molecule has 1 unspecified atom stereocenters. The Kier molecular flexibility index (Phi) is 3.86. The molecule has 0 spiro atoms. The Morgan fingerprint density at radius 3 is 2.67 bits per heavy atom. The Labute approximate surface area is 89.4 Å². The van der Waals surface area contributed by atoms with E-state index in [1.165, 1.54) is 0 Å². The number of carboxylic acid groups (broad SMARTS) is 1. The molecule has 0 aliphatic heterocycles. The lowest BCUT2D eigenvalue weighted by molar-refractivity contribution is -0.136. The van der Waals surface area contributed by atoms with Crippen molar-refractivity contribution in [3.63, 3.8) is 0 Å². The number of carbonyl (C=O) groups is 1. The van der Waals surface area contributed by atoms with Gasteiger partial charge >= 0.3 is 5.97 Å². The van der Waals surface area contributed by atoms with Crippen LogP contribution in [0.2, 0.25) is 0 Å². The predicted octanol–water partition coefficient (Wildman–Crippen LogP) is 2.07. The van der Waals surface area contributed by atoms with Crippen molar-refractivity contribution in [2.75, 3.05) is 0 Å². The Bertz CT molecular complexity index is 356. The van der Waals surface area contributed by atoms with Crippen molar-refractivity contribution in [1.29, 1.82) is 0 Å². The summed E-state index contributed by atoms with van der Waals surface area (Å²) in [6.45, 7) is 3.64. The van der Waals surface area contributed by atoms with E-state index in [0.29, 0.717) is 6.42 Å². The second kappa shape index (κ2) is 4.94. The summed E-state index contributed by atoms with van der Waals surface area (Å²) in [5.74, 6) is -0.813. The van der Waals surface area contributed by atoms with Gasteiger partial charge in [-0.25, -0.2) is 0 Å². The molecule has 0 aliphatic carbocycles. The summed E-state index contributed by atoms with van der Waals surface area (Å²) in [5.41, 5.74) is 2.82. The molecule has 0 radical (unpaired) electrons. The van der Waals surface area contributed by atoms with Crippen LogP contribution in [-0.4, -0.2) is 16.2 Å². The van der Waals surface area contributed by atoms with Crippen molar-refractivity contribution in [2.45, 2.75) is 32.8 Å². The maximum atomic E-state index is 10.5. The lowest BCUT2D eigenvalue weighted by Crippen LogP contribution is -2.03. The number of hydrogen-bond acceptors (Lipinski definition) is 2. The minimum absolute atomic E-state index is 0.1000. The van der Waals surface area contributed by atoms with Crippen LogP contribution in [0.25, 0.3) is 0 Å². The molecule has 0 saturated heterocycles. The van der Waals surface area contributed by atoms with Gasteiger partial charge in [0.1, 0.15) is 0 Å². The first-order valence-corrected chi connectivity index (χ1v) is 5.00. The average molecular weight is 208 g/mol. The quantitative estimate of drug-likeness (QED) is 0.796. The van der Waals surface area contributed by atoms with E-state index in [-0.39, 0.29) is 6.42 Å². The molecule has 2 N–H and O–H groups in total. The highest BCUT2D eigenvalue weighted by Crippen LogP contribution is 2.20. The third kappa shape index (κ3) is 3.36.